The number of isocyanates is 1. The number of phosphoric ester groups is 1. The summed E-state index contributed by atoms with van der Waals surface area (Å²) in [5, 5.41) is 10.9. The van der Waals surface area contributed by atoms with Crippen molar-refractivity contribution in [3.8, 4) is 11.5 Å². The molecule has 4 aromatic rings. The number of phenolic OH excluding ortho intramolecular Hbond substituents is 1. The van der Waals surface area contributed by atoms with E-state index in [1.54, 1.807) is 0 Å². The number of nitrogen functional groups attached to an aromatic ring is 1. The van der Waals surface area contributed by atoms with Crippen LogP contribution in [0.2, 0.25) is 0 Å². The van der Waals surface area contributed by atoms with Crippen LogP contribution in [0.3, 0.4) is 0 Å². The summed E-state index contributed by atoms with van der Waals surface area (Å²) in [5.41, 5.74) is 9.62. The van der Waals surface area contributed by atoms with Crippen LogP contribution < -0.4 is 10.3 Å². The molecule has 206 valence electrons. The summed E-state index contributed by atoms with van der Waals surface area (Å²) >= 11 is 0. The Bertz CT molecular complexity index is 1580. The molecule has 0 saturated heterocycles. The molecule has 5 N–H and O–H groups in total. The Hall–Kier alpha value is -3.79. The van der Waals surface area contributed by atoms with E-state index in [9.17, 15) is 24.3 Å². The zero-order valence-corrected chi connectivity index (χ0v) is 22.3. The number of aliphatic imine (C=N–C) groups is 1. The summed E-state index contributed by atoms with van der Waals surface area (Å²) in [6.45, 7) is 3.23. The Balaban J connectivity index is 1.77. The molecular formula is C26H30N5O7P. The number of aromatic hydroxyl groups is 1. The van der Waals surface area contributed by atoms with Gasteiger partial charge in [-0.3, -0.25) is 9.79 Å². The van der Waals surface area contributed by atoms with Crippen LogP contribution in [0.1, 0.15) is 36.7 Å². The van der Waals surface area contributed by atoms with Crippen LogP contribution in [0.4, 0.5) is 5.82 Å². The topological polar surface area (TPSA) is 182 Å². The first-order valence-corrected chi connectivity index (χ1v) is 14.0. The lowest BCUT2D eigenvalue weighted by Crippen LogP contribution is -2.08. The first-order chi connectivity index (χ1) is 18.7. The molecule has 0 fully saturated rings. The number of nitrogens with zero attached hydrogens (tertiary/aromatic N) is 4. The number of aryl methyl sites for hydroxylation is 1. The van der Waals surface area contributed by atoms with E-state index in [1.165, 1.54) is 24.3 Å². The fourth-order valence-electron chi connectivity index (χ4n) is 4.38. The van der Waals surface area contributed by atoms with Crippen molar-refractivity contribution in [1.29, 1.82) is 0 Å². The lowest BCUT2D eigenvalue weighted by Gasteiger charge is -2.16. The molecule has 13 heteroatoms. The second kappa shape index (κ2) is 12.4. The number of benzene rings is 2. The smallest absolute Gasteiger partial charge is 0.508 e. The molecule has 0 aliphatic rings. The summed E-state index contributed by atoms with van der Waals surface area (Å²) in [6, 6.07) is 9.86. The van der Waals surface area contributed by atoms with Gasteiger partial charge in [-0.2, -0.15) is 0 Å². The van der Waals surface area contributed by atoms with Crippen molar-refractivity contribution >= 4 is 41.7 Å². The average molecular weight is 556 g/mol. The van der Waals surface area contributed by atoms with Crippen molar-refractivity contribution in [1.82, 2.24) is 14.5 Å². The number of phosphoric acid groups is 1. The van der Waals surface area contributed by atoms with Gasteiger partial charge in [-0.25, -0.2) is 24.3 Å². The summed E-state index contributed by atoms with van der Waals surface area (Å²) < 4.78 is 23.9. The molecule has 0 aliphatic heterocycles. The molecule has 4 rings (SSSR count). The van der Waals surface area contributed by atoms with Crippen molar-refractivity contribution in [2.75, 3.05) is 25.5 Å². The van der Waals surface area contributed by atoms with E-state index in [-0.39, 0.29) is 30.4 Å². The summed E-state index contributed by atoms with van der Waals surface area (Å²) in [7, 11) is -4.84. The minimum Gasteiger partial charge on any atom is -0.508 e. The highest BCUT2D eigenvalue weighted by molar-refractivity contribution is 7.46. The van der Waals surface area contributed by atoms with Gasteiger partial charge in [0, 0.05) is 17.4 Å². The molecule has 0 aliphatic carbocycles. The number of unbranched alkanes of at least 4 members (excludes halogenated alkanes) is 1. The maximum absolute atomic E-state index is 11.6. The number of phenols is 1. The van der Waals surface area contributed by atoms with Gasteiger partial charge in [0.2, 0.25) is 6.08 Å². The number of hydrogen-bond donors (Lipinski definition) is 4. The van der Waals surface area contributed by atoms with E-state index in [0.29, 0.717) is 42.7 Å². The SMILES string of the molecule is CCCCc1nc2c(N)nc3cc(CCOCCN=C=O)ccc3c2n1Cc1cc(O)ccc1OP(=O)(O)O. The number of pyridine rings is 1. The largest absolute Gasteiger partial charge is 0.524 e. The number of carbonyl (C=O) groups excluding carboxylic acids is 1. The van der Waals surface area contributed by atoms with Crippen LogP contribution in [-0.4, -0.2) is 55.3 Å². The van der Waals surface area contributed by atoms with Crippen molar-refractivity contribution in [2.24, 2.45) is 4.99 Å². The average Bonchev–Trinajstić information content (AvgIpc) is 3.24. The molecule has 0 radical (unpaired) electrons. The monoisotopic (exact) mass is 555 g/mol. The lowest BCUT2D eigenvalue weighted by atomic mass is 10.1. The van der Waals surface area contributed by atoms with Gasteiger partial charge in [-0.05, 0) is 42.7 Å². The number of ether oxygens (including phenoxy) is 1. The van der Waals surface area contributed by atoms with Gasteiger partial charge < -0.3 is 24.7 Å². The second-order valence-electron chi connectivity index (χ2n) is 8.97. The molecule has 0 amide bonds. The van der Waals surface area contributed by atoms with Gasteiger partial charge in [0.05, 0.1) is 37.3 Å². The number of nitrogens with two attached hydrogens (primary N) is 1. The third-order valence-corrected chi connectivity index (χ3v) is 6.57. The molecule has 0 spiro atoms. The molecule has 0 atom stereocenters. The fourth-order valence-corrected chi connectivity index (χ4v) is 4.81. The first-order valence-electron chi connectivity index (χ1n) is 12.5. The number of rotatable bonds is 13. The number of hydrogen-bond acceptors (Lipinski definition) is 9. The fraction of sp³-hybridized carbons (Fsp3) is 0.346. The third-order valence-electron chi connectivity index (χ3n) is 6.14. The summed E-state index contributed by atoms with van der Waals surface area (Å²) in [4.78, 5) is 41.8. The van der Waals surface area contributed by atoms with E-state index >= 15 is 0 Å². The maximum Gasteiger partial charge on any atom is 0.524 e. The molecule has 2 aromatic carbocycles. The van der Waals surface area contributed by atoms with E-state index < -0.39 is 7.82 Å². The number of fused-ring (bicyclic) bond motifs is 3. The number of imidazole rings is 1. The third kappa shape index (κ3) is 7.00. The Labute approximate surface area is 224 Å². The second-order valence-corrected chi connectivity index (χ2v) is 10.1. The van der Waals surface area contributed by atoms with E-state index in [2.05, 4.69) is 16.9 Å². The molecule has 0 saturated carbocycles. The van der Waals surface area contributed by atoms with Gasteiger partial charge in [0.1, 0.15) is 22.8 Å². The van der Waals surface area contributed by atoms with Crippen LogP contribution in [-0.2, 0) is 33.5 Å². The Morgan fingerprint density at radius 1 is 1.13 bits per heavy atom. The van der Waals surface area contributed by atoms with Crippen LogP contribution in [0.25, 0.3) is 21.9 Å². The Morgan fingerprint density at radius 3 is 2.69 bits per heavy atom. The highest BCUT2D eigenvalue weighted by atomic mass is 31.2. The molecule has 12 nitrogen and oxygen atoms in total. The lowest BCUT2D eigenvalue weighted by molar-refractivity contribution is 0.145. The predicted molar refractivity (Wildman–Crippen MR) is 145 cm³/mol. The van der Waals surface area contributed by atoms with Gasteiger partial charge in [-0.15, -0.1) is 0 Å². The van der Waals surface area contributed by atoms with Gasteiger partial charge in [0.15, 0.2) is 5.82 Å². The summed E-state index contributed by atoms with van der Waals surface area (Å²) in [6.07, 6.45) is 4.54. The highest BCUT2D eigenvalue weighted by Gasteiger charge is 2.22. The molecule has 2 heterocycles. The van der Waals surface area contributed by atoms with Crippen molar-refractivity contribution < 1.29 is 33.5 Å². The molecule has 2 aromatic heterocycles. The van der Waals surface area contributed by atoms with Crippen molar-refractivity contribution in [3.05, 3.63) is 53.3 Å². The minimum absolute atomic E-state index is 0.0446. The zero-order valence-electron chi connectivity index (χ0n) is 21.4. The predicted octanol–water partition coefficient (Wildman–Crippen LogP) is 3.63. The van der Waals surface area contributed by atoms with Crippen molar-refractivity contribution in [2.45, 2.75) is 39.2 Å². The van der Waals surface area contributed by atoms with Gasteiger partial charge in [-0.1, -0.05) is 25.5 Å². The Morgan fingerprint density at radius 2 is 1.95 bits per heavy atom. The maximum atomic E-state index is 11.6. The number of anilines is 1. The quantitative estimate of drug-likeness (QED) is 0.0822. The molecule has 0 bridgehead atoms. The zero-order chi connectivity index (χ0) is 28.0. The molecule has 0 unspecified atom stereocenters. The number of aromatic nitrogens is 3. The van der Waals surface area contributed by atoms with Gasteiger partial charge >= 0.3 is 7.82 Å². The van der Waals surface area contributed by atoms with E-state index in [0.717, 1.165) is 35.1 Å². The Kier molecular flexibility index (Phi) is 8.96. The van der Waals surface area contributed by atoms with Crippen LogP contribution in [0, 0.1) is 0 Å². The van der Waals surface area contributed by atoms with Crippen LogP contribution in [0.5, 0.6) is 11.5 Å². The summed E-state index contributed by atoms with van der Waals surface area (Å²) in [5.74, 6) is 0.876. The molecule has 39 heavy (non-hydrogen) atoms. The van der Waals surface area contributed by atoms with Gasteiger partial charge in [0.25, 0.3) is 0 Å². The van der Waals surface area contributed by atoms with Crippen molar-refractivity contribution in [3.63, 3.8) is 0 Å². The highest BCUT2D eigenvalue weighted by Crippen LogP contribution is 2.41. The van der Waals surface area contributed by atoms with E-state index in [4.69, 9.17) is 20.0 Å². The minimum atomic E-state index is -4.84. The van der Waals surface area contributed by atoms with Crippen LogP contribution in [0.15, 0.2) is 41.4 Å². The first kappa shape index (κ1) is 28.2. The standard InChI is InChI=1S/C26H30N5O7P/c1-2-3-4-23-30-24-25(31(23)15-18-14-19(33)6-8-22(18)38-39(34,35)36)20-7-5-17(13-21(20)29-26(24)27)9-11-37-12-10-28-16-32/h5-8,13-14,33H,2-4,9-12,15H2,1H3,(H2,27,29)(H2,34,35,36). The molecular weight excluding hydrogens is 525 g/mol. The van der Waals surface area contributed by atoms with E-state index in [1.807, 2.05) is 22.8 Å². The van der Waals surface area contributed by atoms with Crippen LogP contribution >= 0.6 is 7.82 Å². The normalized spacial score (nSPS) is 11.7.